The topological polar surface area (TPSA) is 99.2 Å². The fraction of sp³-hybridized carbons (Fsp3) is 0.316. The molecule has 0 aliphatic carbocycles. The van der Waals surface area contributed by atoms with Crippen LogP contribution < -0.4 is 4.90 Å². The minimum atomic E-state index is -0.415. The first-order valence-corrected chi connectivity index (χ1v) is 9.03. The van der Waals surface area contributed by atoms with Gasteiger partial charge < -0.3 is 9.64 Å². The highest BCUT2D eigenvalue weighted by Crippen LogP contribution is 2.24. The van der Waals surface area contributed by atoms with E-state index in [1.165, 1.54) is 12.1 Å². The normalized spacial score (nSPS) is 16.9. The Morgan fingerprint density at radius 3 is 2.96 bits per heavy atom. The third kappa shape index (κ3) is 3.99. The maximum atomic E-state index is 11.1. The molecule has 0 spiro atoms. The molecule has 1 aromatic carbocycles. The molecule has 3 aromatic rings. The number of rotatable bonds is 5. The van der Waals surface area contributed by atoms with E-state index in [0.717, 1.165) is 18.1 Å². The summed E-state index contributed by atoms with van der Waals surface area (Å²) in [5.41, 5.74) is 1.46. The number of anilines is 1. The van der Waals surface area contributed by atoms with Gasteiger partial charge in [-0.25, -0.2) is 9.97 Å². The van der Waals surface area contributed by atoms with Crippen LogP contribution in [0.4, 0.5) is 11.5 Å². The minimum Gasteiger partial charge on any atom is -0.373 e. The molecule has 0 saturated carbocycles. The summed E-state index contributed by atoms with van der Waals surface area (Å²) >= 11 is 0. The molecule has 3 heterocycles. The number of non-ortho nitro benzene ring substituents is 1. The number of benzene rings is 1. The van der Waals surface area contributed by atoms with Gasteiger partial charge in [0.15, 0.2) is 5.82 Å². The Morgan fingerprint density at radius 2 is 2.18 bits per heavy atom. The van der Waals surface area contributed by atoms with Crippen molar-refractivity contribution in [2.45, 2.75) is 19.6 Å². The van der Waals surface area contributed by atoms with Gasteiger partial charge in [-0.1, -0.05) is 12.1 Å². The molecule has 4 rings (SSSR count). The predicted molar refractivity (Wildman–Crippen MR) is 103 cm³/mol. The Labute approximate surface area is 161 Å². The minimum absolute atomic E-state index is 0.00480. The molecule has 28 heavy (non-hydrogen) atoms. The van der Waals surface area contributed by atoms with Gasteiger partial charge in [0.05, 0.1) is 24.2 Å². The number of aromatic nitrogens is 4. The van der Waals surface area contributed by atoms with E-state index in [1.54, 1.807) is 18.3 Å². The number of nitrogens with zero attached hydrogens (tertiary/aromatic N) is 6. The van der Waals surface area contributed by atoms with Crippen LogP contribution in [0.25, 0.3) is 11.4 Å². The lowest BCUT2D eigenvalue weighted by Gasteiger charge is -2.34. The van der Waals surface area contributed by atoms with Crippen LogP contribution in [0, 0.1) is 17.0 Å². The summed E-state index contributed by atoms with van der Waals surface area (Å²) in [4.78, 5) is 22.0. The second-order valence-corrected chi connectivity index (χ2v) is 6.67. The molecule has 1 atom stereocenters. The van der Waals surface area contributed by atoms with Gasteiger partial charge in [0.25, 0.3) is 5.69 Å². The maximum Gasteiger partial charge on any atom is 0.270 e. The number of nitro groups is 1. The van der Waals surface area contributed by atoms with Gasteiger partial charge in [0, 0.05) is 54.9 Å². The molecule has 0 N–H and O–H groups in total. The molecule has 144 valence electrons. The summed E-state index contributed by atoms with van der Waals surface area (Å²) in [6.07, 6.45) is 3.67. The fourth-order valence-corrected chi connectivity index (χ4v) is 3.26. The molecule has 0 radical (unpaired) electrons. The van der Waals surface area contributed by atoms with Crippen LogP contribution in [-0.2, 0) is 11.3 Å². The van der Waals surface area contributed by atoms with Crippen molar-refractivity contribution in [3.8, 4) is 11.4 Å². The van der Waals surface area contributed by atoms with Gasteiger partial charge in [-0.2, -0.15) is 5.10 Å². The summed E-state index contributed by atoms with van der Waals surface area (Å²) in [5.74, 6) is 1.27. The summed E-state index contributed by atoms with van der Waals surface area (Å²) in [6.45, 7) is 4.57. The Bertz CT molecular complexity index is 976. The van der Waals surface area contributed by atoms with Crippen LogP contribution >= 0.6 is 0 Å². The van der Waals surface area contributed by atoms with E-state index in [9.17, 15) is 10.1 Å². The molecule has 1 saturated heterocycles. The van der Waals surface area contributed by atoms with Gasteiger partial charge in [-0.3, -0.25) is 14.8 Å². The van der Waals surface area contributed by atoms with Crippen molar-refractivity contribution in [3.63, 3.8) is 0 Å². The zero-order valence-electron chi connectivity index (χ0n) is 15.4. The van der Waals surface area contributed by atoms with Crippen molar-refractivity contribution in [2.75, 3.05) is 24.6 Å². The highest BCUT2D eigenvalue weighted by molar-refractivity contribution is 5.61. The van der Waals surface area contributed by atoms with Crippen molar-refractivity contribution in [2.24, 2.45) is 0 Å². The number of hydrogen-bond donors (Lipinski definition) is 0. The monoisotopic (exact) mass is 380 g/mol. The highest BCUT2D eigenvalue weighted by atomic mass is 16.6. The molecule has 2 aromatic heterocycles. The summed E-state index contributed by atoms with van der Waals surface area (Å²) < 4.78 is 7.72. The fourth-order valence-electron chi connectivity index (χ4n) is 3.26. The van der Waals surface area contributed by atoms with Crippen LogP contribution in [-0.4, -0.2) is 50.5 Å². The third-order valence-electron chi connectivity index (χ3n) is 4.57. The Morgan fingerprint density at radius 1 is 1.29 bits per heavy atom. The lowest BCUT2D eigenvalue weighted by molar-refractivity contribution is -0.384. The first-order chi connectivity index (χ1) is 13.6. The molecule has 1 unspecified atom stereocenters. The van der Waals surface area contributed by atoms with E-state index in [4.69, 9.17) is 4.74 Å². The van der Waals surface area contributed by atoms with E-state index in [-0.39, 0.29) is 11.8 Å². The Kier molecular flexibility index (Phi) is 4.98. The summed E-state index contributed by atoms with van der Waals surface area (Å²) in [5, 5.41) is 15.3. The first kappa shape index (κ1) is 18.1. The van der Waals surface area contributed by atoms with Crippen LogP contribution in [0.2, 0.25) is 0 Å². The third-order valence-corrected chi connectivity index (χ3v) is 4.57. The number of ether oxygens (including phenoxy) is 1. The lowest BCUT2D eigenvalue weighted by atomic mass is 10.2. The van der Waals surface area contributed by atoms with E-state index >= 15 is 0 Å². The number of nitro benzene ring substituents is 1. The first-order valence-electron chi connectivity index (χ1n) is 9.03. The largest absolute Gasteiger partial charge is 0.373 e. The Hall–Kier alpha value is -3.33. The average Bonchev–Trinajstić information content (AvgIpc) is 3.21. The average molecular weight is 380 g/mol. The van der Waals surface area contributed by atoms with Crippen molar-refractivity contribution in [1.29, 1.82) is 0 Å². The van der Waals surface area contributed by atoms with Gasteiger partial charge in [0.2, 0.25) is 0 Å². The molecule has 1 aliphatic rings. The molecule has 0 bridgehead atoms. The smallest absolute Gasteiger partial charge is 0.270 e. The SMILES string of the molecule is Cc1cc(N2CCOC(Cn3cccn3)C2)nc(-c2cccc([N+](=O)[O-])c2)n1. The molecule has 9 nitrogen and oxygen atoms in total. The maximum absolute atomic E-state index is 11.1. The lowest BCUT2D eigenvalue weighted by Crippen LogP contribution is -2.44. The Balaban J connectivity index is 1.58. The molecule has 1 aliphatic heterocycles. The molecule has 0 amide bonds. The standard InChI is InChI=1S/C19H20N6O3/c1-14-10-18(22-19(21-14)15-4-2-5-16(11-15)25(26)27)23-8-9-28-17(12-23)13-24-7-3-6-20-24/h2-7,10-11,17H,8-9,12-13H2,1H3. The van der Waals surface area contributed by atoms with Crippen LogP contribution in [0.15, 0.2) is 48.8 Å². The van der Waals surface area contributed by atoms with Gasteiger partial charge in [-0.05, 0) is 13.0 Å². The van der Waals surface area contributed by atoms with Crippen molar-refractivity contribution < 1.29 is 9.66 Å². The molecular weight excluding hydrogens is 360 g/mol. The van der Waals surface area contributed by atoms with E-state index in [1.807, 2.05) is 29.9 Å². The van der Waals surface area contributed by atoms with E-state index < -0.39 is 4.92 Å². The summed E-state index contributed by atoms with van der Waals surface area (Å²) in [6, 6.07) is 10.2. The number of aryl methyl sites for hydroxylation is 1. The zero-order chi connectivity index (χ0) is 19.5. The molecule has 1 fully saturated rings. The second-order valence-electron chi connectivity index (χ2n) is 6.67. The van der Waals surface area contributed by atoms with Gasteiger partial charge >= 0.3 is 0 Å². The van der Waals surface area contributed by atoms with Gasteiger partial charge in [-0.15, -0.1) is 0 Å². The zero-order valence-corrected chi connectivity index (χ0v) is 15.4. The van der Waals surface area contributed by atoms with E-state index in [2.05, 4.69) is 20.0 Å². The summed E-state index contributed by atoms with van der Waals surface area (Å²) in [7, 11) is 0. The van der Waals surface area contributed by atoms with Crippen molar-refractivity contribution in [1.82, 2.24) is 19.7 Å². The molecule has 9 heteroatoms. The number of morpholine rings is 1. The van der Waals surface area contributed by atoms with Crippen molar-refractivity contribution in [3.05, 3.63) is 64.6 Å². The second kappa shape index (κ2) is 7.73. The quantitative estimate of drug-likeness (QED) is 0.495. The number of hydrogen-bond acceptors (Lipinski definition) is 7. The van der Waals surface area contributed by atoms with Crippen LogP contribution in [0.5, 0.6) is 0 Å². The highest BCUT2D eigenvalue weighted by Gasteiger charge is 2.23. The van der Waals surface area contributed by atoms with Gasteiger partial charge in [0.1, 0.15) is 5.82 Å². The van der Waals surface area contributed by atoms with E-state index in [0.29, 0.717) is 31.1 Å². The predicted octanol–water partition coefficient (Wildman–Crippen LogP) is 2.46. The van der Waals surface area contributed by atoms with Crippen LogP contribution in [0.1, 0.15) is 5.69 Å². The van der Waals surface area contributed by atoms with Crippen molar-refractivity contribution >= 4 is 11.5 Å². The van der Waals surface area contributed by atoms with Crippen LogP contribution in [0.3, 0.4) is 0 Å². The molecular formula is C19H20N6O3.